The summed E-state index contributed by atoms with van der Waals surface area (Å²) in [5.41, 5.74) is 2.07. The molecule has 0 saturated heterocycles. The van der Waals surface area contributed by atoms with E-state index in [1.54, 1.807) is 30.2 Å². The quantitative estimate of drug-likeness (QED) is 0.637. The SMILES string of the molecule is CCCCN1C(=O)[C@]2(Nc3ccccc3C(=O)N2c2ccc(OC)cc2)c2ccccc21. The van der Waals surface area contributed by atoms with E-state index in [1.165, 1.54) is 0 Å². The van der Waals surface area contributed by atoms with Crippen LogP contribution in [0, 0.1) is 0 Å². The molecular formula is C26H25N3O3. The fourth-order valence-electron chi connectivity index (χ4n) is 4.65. The molecule has 2 heterocycles. The summed E-state index contributed by atoms with van der Waals surface area (Å²) in [4.78, 5) is 31.5. The third kappa shape index (κ3) is 2.79. The third-order valence-corrected chi connectivity index (χ3v) is 6.22. The first-order valence-corrected chi connectivity index (χ1v) is 10.9. The Morgan fingerprint density at radius 3 is 2.41 bits per heavy atom. The molecule has 1 spiro atoms. The van der Waals surface area contributed by atoms with Crippen LogP contribution in [0.5, 0.6) is 5.75 Å². The lowest BCUT2D eigenvalue weighted by Gasteiger charge is -2.45. The largest absolute Gasteiger partial charge is 0.497 e. The minimum absolute atomic E-state index is 0.147. The van der Waals surface area contributed by atoms with Crippen molar-refractivity contribution >= 4 is 28.9 Å². The maximum absolute atomic E-state index is 14.2. The number of benzene rings is 3. The monoisotopic (exact) mass is 427 g/mol. The van der Waals surface area contributed by atoms with E-state index in [1.807, 2.05) is 59.5 Å². The fraction of sp³-hybridized carbons (Fsp3) is 0.231. The van der Waals surface area contributed by atoms with Crippen LogP contribution < -0.4 is 19.9 Å². The van der Waals surface area contributed by atoms with E-state index in [0.29, 0.717) is 29.2 Å². The van der Waals surface area contributed by atoms with Crippen molar-refractivity contribution in [1.82, 2.24) is 0 Å². The summed E-state index contributed by atoms with van der Waals surface area (Å²) in [6.07, 6.45) is 1.85. The van der Waals surface area contributed by atoms with Gasteiger partial charge >= 0.3 is 0 Å². The summed E-state index contributed by atoms with van der Waals surface area (Å²) in [6, 6.07) is 22.3. The van der Waals surface area contributed by atoms with Gasteiger partial charge in [-0.3, -0.25) is 14.5 Å². The smallest absolute Gasteiger partial charge is 0.279 e. The lowest BCUT2D eigenvalue weighted by molar-refractivity contribution is -0.122. The first-order chi connectivity index (χ1) is 15.6. The molecule has 162 valence electrons. The Bertz CT molecular complexity index is 1190. The van der Waals surface area contributed by atoms with Crippen LogP contribution in [0.1, 0.15) is 35.7 Å². The molecule has 0 unspecified atom stereocenters. The van der Waals surface area contributed by atoms with Gasteiger partial charge in [-0.1, -0.05) is 43.7 Å². The van der Waals surface area contributed by atoms with E-state index in [9.17, 15) is 9.59 Å². The number of carbonyl (C=O) groups excluding carboxylic acids is 2. The number of methoxy groups -OCH3 is 1. The van der Waals surface area contributed by atoms with Gasteiger partial charge in [-0.15, -0.1) is 0 Å². The molecule has 0 aromatic heterocycles. The van der Waals surface area contributed by atoms with Gasteiger partial charge in [0.1, 0.15) is 5.75 Å². The number of amides is 2. The second-order valence-electron chi connectivity index (χ2n) is 8.05. The highest BCUT2D eigenvalue weighted by molar-refractivity contribution is 6.22. The Labute approximate surface area is 187 Å². The number of unbranched alkanes of at least 4 members (excludes halogenated alkanes) is 1. The number of rotatable bonds is 5. The van der Waals surface area contributed by atoms with Crippen molar-refractivity contribution in [3.05, 3.63) is 83.9 Å². The predicted octanol–water partition coefficient (Wildman–Crippen LogP) is 4.77. The predicted molar refractivity (Wildman–Crippen MR) is 125 cm³/mol. The number of hydrogen-bond acceptors (Lipinski definition) is 4. The Balaban J connectivity index is 1.75. The van der Waals surface area contributed by atoms with Crippen LogP contribution in [0.3, 0.4) is 0 Å². The molecule has 2 amide bonds. The third-order valence-electron chi connectivity index (χ3n) is 6.22. The van der Waals surface area contributed by atoms with Crippen molar-refractivity contribution in [2.75, 3.05) is 28.8 Å². The molecule has 0 saturated carbocycles. The summed E-state index contributed by atoms with van der Waals surface area (Å²) in [6.45, 7) is 2.70. The Kier molecular flexibility index (Phi) is 4.85. The Morgan fingerprint density at radius 1 is 0.938 bits per heavy atom. The first-order valence-electron chi connectivity index (χ1n) is 10.9. The average molecular weight is 428 g/mol. The maximum atomic E-state index is 14.2. The number of ether oxygens (including phenoxy) is 1. The van der Waals surface area contributed by atoms with E-state index in [4.69, 9.17) is 4.74 Å². The number of hydrogen-bond donors (Lipinski definition) is 1. The molecule has 0 aliphatic carbocycles. The van der Waals surface area contributed by atoms with Gasteiger partial charge in [0.2, 0.25) is 5.66 Å². The van der Waals surface area contributed by atoms with Crippen molar-refractivity contribution in [2.45, 2.75) is 25.4 Å². The molecule has 0 bridgehead atoms. The van der Waals surface area contributed by atoms with E-state index < -0.39 is 5.66 Å². The zero-order valence-corrected chi connectivity index (χ0v) is 18.2. The maximum Gasteiger partial charge on any atom is 0.279 e. The van der Waals surface area contributed by atoms with Gasteiger partial charge < -0.3 is 15.0 Å². The first kappa shape index (κ1) is 20.1. The van der Waals surface area contributed by atoms with Gasteiger partial charge in [-0.05, 0) is 48.9 Å². The summed E-state index contributed by atoms with van der Waals surface area (Å²) in [5.74, 6) is 0.319. The second kappa shape index (κ2) is 7.71. The summed E-state index contributed by atoms with van der Waals surface area (Å²) >= 11 is 0. The van der Waals surface area contributed by atoms with Crippen LogP contribution in [0.4, 0.5) is 17.1 Å². The van der Waals surface area contributed by atoms with Gasteiger partial charge in [-0.25, -0.2) is 0 Å². The molecule has 6 heteroatoms. The van der Waals surface area contributed by atoms with Gasteiger partial charge in [-0.2, -0.15) is 0 Å². The lowest BCUT2D eigenvalue weighted by atomic mass is 9.92. The van der Waals surface area contributed by atoms with Crippen LogP contribution in [-0.4, -0.2) is 25.5 Å². The molecular weight excluding hydrogens is 402 g/mol. The van der Waals surface area contributed by atoms with Crippen molar-refractivity contribution in [3.8, 4) is 5.75 Å². The minimum Gasteiger partial charge on any atom is -0.497 e. The number of nitrogens with one attached hydrogen (secondary N) is 1. The number of para-hydroxylation sites is 2. The molecule has 3 aromatic carbocycles. The molecule has 1 atom stereocenters. The zero-order chi connectivity index (χ0) is 22.3. The highest BCUT2D eigenvalue weighted by Crippen LogP contribution is 2.49. The normalized spacial score (nSPS) is 19.1. The molecule has 5 rings (SSSR count). The van der Waals surface area contributed by atoms with E-state index >= 15 is 0 Å². The molecule has 0 radical (unpaired) electrons. The van der Waals surface area contributed by atoms with Crippen molar-refractivity contribution in [1.29, 1.82) is 0 Å². The van der Waals surface area contributed by atoms with Gasteiger partial charge in [0, 0.05) is 23.5 Å². The standard InChI is InChI=1S/C26H25N3O3/c1-3-4-17-28-23-12-8-6-10-21(23)26(25(28)31)27-22-11-7-5-9-20(22)24(30)29(26)18-13-15-19(32-2)16-14-18/h5-16,27H,3-4,17H2,1-2H3/t26-/m0/s1. The number of carbonyl (C=O) groups is 2. The number of anilines is 3. The van der Waals surface area contributed by atoms with Crippen molar-refractivity contribution in [2.24, 2.45) is 0 Å². The Morgan fingerprint density at radius 2 is 1.66 bits per heavy atom. The van der Waals surface area contributed by atoms with Gasteiger partial charge in [0.15, 0.2) is 0 Å². The van der Waals surface area contributed by atoms with E-state index in [0.717, 1.165) is 24.1 Å². The fourth-order valence-corrected chi connectivity index (χ4v) is 4.65. The van der Waals surface area contributed by atoms with Gasteiger partial charge in [0.25, 0.3) is 11.8 Å². The van der Waals surface area contributed by atoms with Crippen LogP contribution in [0.2, 0.25) is 0 Å². The van der Waals surface area contributed by atoms with Crippen LogP contribution in [-0.2, 0) is 10.5 Å². The molecule has 6 nitrogen and oxygen atoms in total. The summed E-state index contributed by atoms with van der Waals surface area (Å²) < 4.78 is 5.30. The molecule has 0 fully saturated rings. The summed E-state index contributed by atoms with van der Waals surface area (Å²) in [7, 11) is 1.60. The molecule has 2 aliphatic rings. The highest BCUT2D eigenvalue weighted by atomic mass is 16.5. The molecule has 2 aliphatic heterocycles. The van der Waals surface area contributed by atoms with Crippen LogP contribution in [0.15, 0.2) is 72.8 Å². The van der Waals surface area contributed by atoms with E-state index in [2.05, 4.69) is 12.2 Å². The highest BCUT2D eigenvalue weighted by Gasteiger charge is 2.59. The molecule has 32 heavy (non-hydrogen) atoms. The van der Waals surface area contributed by atoms with Crippen molar-refractivity contribution < 1.29 is 14.3 Å². The zero-order valence-electron chi connectivity index (χ0n) is 18.2. The summed E-state index contributed by atoms with van der Waals surface area (Å²) in [5, 5.41) is 3.47. The van der Waals surface area contributed by atoms with E-state index in [-0.39, 0.29) is 11.8 Å². The minimum atomic E-state index is -1.36. The number of fused-ring (bicyclic) bond motifs is 3. The molecule has 3 aromatic rings. The van der Waals surface area contributed by atoms with Gasteiger partial charge in [0.05, 0.1) is 18.4 Å². The Hall–Kier alpha value is -3.80. The van der Waals surface area contributed by atoms with Crippen molar-refractivity contribution in [3.63, 3.8) is 0 Å². The van der Waals surface area contributed by atoms with Crippen LogP contribution >= 0.6 is 0 Å². The second-order valence-corrected chi connectivity index (χ2v) is 8.05. The topological polar surface area (TPSA) is 61.9 Å². The van der Waals surface area contributed by atoms with Crippen LogP contribution in [0.25, 0.3) is 0 Å². The average Bonchev–Trinajstić information content (AvgIpc) is 3.06. The molecule has 1 N–H and O–H groups in total. The lowest BCUT2D eigenvalue weighted by Crippen LogP contribution is -2.63. The number of nitrogens with zero attached hydrogens (tertiary/aromatic N) is 2.